The summed E-state index contributed by atoms with van der Waals surface area (Å²) in [6, 6.07) is 6.21. The van der Waals surface area contributed by atoms with Gasteiger partial charge in [-0.2, -0.15) is 0 Å². The smallest absolute Gasteiger partial charge is 0.227 e. The summed E-state index contributed by atoms with van der Waals surface area (Å²) in [5.74, 6) is 0.720. The third-order valence-corrected chi connectivity index (χ3v) is 7.55. The van der Waals surface area contributed by atoms with Gasteiger partial charge in [-0.05, 0) is 42.2 Å². The average Bonchev–Trinajstić information content (AvgIpc) is 2.66. The first-order chi connectivity index (χ1) is 13.2. The number of benzene rings is 1. The van der Waals surface area contributed by atoms with Gasteiger partial charge in [0, 0.05) is 24.7 Å². The molecule has 0 unspecified atom stereocenters. The lowest BCUT2D eigenvalue weighted by Gasteiger charge is -2.31. The summed E-state index contributed by atoms with van der Waals surface area (Å²) in [6.45, 7) is 11.4. The van der Waals surface area contributed by atoms with Crippen LogP contribution in [0.5, 0.6) is 0 Å². The number of hydrogen-bond acceptors (Lipinski definition) is 3. The first-order valence-corrected chi connectivity index (χ1v) is 12.2. The van der Waals surface area contributed by atoms with Crippen molar-refractivity contribution in [3.63, 3.8) is 0 Å². The number of para-hydroxylation sites is 1. The first kappa shape index (κ1) is 22.9. The molecule has 1 aromatic rings. The van der Waals surface area contributed by atoms with E-state index in [1.54, 1.807) is 4.31 Å². The third kappa shape index (κ3) is 5.57. The van der Waals surface area contributed by atoms with Gasteiger partial charge in [0.2, 0.25) is 15.9 Å². The van der Waals surface area contributed by atoms with Crippen LogP contribution in [0.4, 0.5) is 5.69 Å². The predicted molar refractivity (Wildman–Crippen MR) is 116 cm³/mol. The van der Waals surface area contributed by atoms with E-state index in [9.17, 15) is 13.2 Å². The average molecular weight is 409 g/mol. The minimum atomic E-state index is -3.19. The molecule has 5 nitrogen and oxygen atoms in total. The maximum Gasteiger partial charge on any atom is 0.227 e. The van der Waals surface area contributed by atoms with Crippen molar-refractivity contribution in [2.75, 3.05) is 24.2 Å². The molecule has 0 spiro atoms. The molecular formula is C22H36N2O3S. The van der Waals surface area contributed by atoms with E-state index in [0.717, 1.165) is 23.2 Å². The van der Waals surface area contributed by atoms with Gasteiger partial charge < -0.3 is 5.32 Å². The monoisotopic (exact) mass is 408 g/mol. The first-order valence-electron chi connectivity index (χ1n) is 10.6. The van der Waals surface area contributed by atoms with E-state index in [4.69, 9.17) is 0 Å². The fraction of sp³-hybridized carbons (Fsp3) is 0.682. The Bertz CT molecular complexity index is 738. The van der Waals surface area contributed by atoms with Crippen molar-refractivity contribution in [2.24, 2.45) is 5.92 Å². The molecule has 1 amide bonds. The molecule has 0 aliphatic carbocycles. The second kappa shape index (κ2) is 9.88. The van der Waals surface area contributed by atoms with Crippen LogP contribution in [0, 0.1) is 5.92 Å². The Morgan fingerprint density at radius 1 is 1.11 bits per heavy atom. The number of piperidine rings is 1. The van der Waals surface area contributed by atoms with Gasteiger partial charge in [0.15, 0.2) is 0 Å². The lowest BCUT2D eigenvalue weighted by molar-refractivity contribution is -0.120. The van der Waals surface area contributed by atoms with E-state index in [0.29, 0.717) is 44.2 Å². The largest absolute Gasteiger partial charge is 0.325 e. The van der Waals surface area contributed by atoms with Crippen LogP contribution in [0.25, 0.3) is 0 Å². The van der Waals surface area contributed by atoms with Crippen LogP contribution in [0.15, 0.2) is 18.2 Å². The fourth-order valence-corrected chi connectivity index (χ4v) is 5.45. The highest BCUT2D eigenvalue weighted by atomic mass is 32.2. The maximum atomic E-state index is 13.0. The predicted octanol–water partition coefficient (Wildman–Crippen LogP) is 4.71. The third-order valence-electron chi connectivity index (χ3n) is 5.60. The summed E-state index contributed by atoms with van der Waals surface area (Å²) in [6.07, 6.45) is 2.72. The zero-order valence-electron chi connectivity index (χ0n) is 18.0. The quantitative estimate of drug-likeness (QED) is 0.677. The lowest BCUT2D eigenvalue weighted by atomic mass is 9.91. The Hall–Kier alpha value is -1.40. The Balaban J connectivity index is 2.08. The summed E-state index contributed by atoms with van der Waals surface area (Å²) in [4.78, 5) is 13.0. The number of nitrogens with zero attached hydrogens (tertiary/aromatic N) is 1. The van der Waals surface area contributed by atoms with Crippen LogP contribution < -0.4 is 5.32 Å². The molecule has 1 aliphatic rings. The van der Waals surface area contributed by atoms with Crippen molar-refractivity contribution < 1.29 is 13.2 Å². The van der Waals surface area contributed by atoms with Crippen LogP contribution >= 0.6 is 0 Å². The molecular weight excluding hydrogens is 372 g/mol. The number of amides is 1. The molecule has 1 fully saturated rings. The second-order valence-electron chi connectivity index (χ2n) is 8.45. The highest BCUT2D eigenvalue weighted by molar-refractivity contribution is 7.89. The molecule has 6 heteroatoms. The van der Waals surface area contributed by atoms with E-state index in [-0.39, 0.29) is 17.6 Å². The van der Waals surface area contributed by atoms with E-state index in [2.05, 4.69) is 51.2 Å². The van der Waals surface area contributed by atoms with E-state index < -0.39 is 10.0 Å². The van der Waals surface area contributed by atoms with Crippen molar-refractivity contribution >= 4 is 21.6 Å². The summed E-state index contributed by atoms with van der Waals surface area (Å²) in [5, 5.41) is 3.19. The molecule has 1 saturated heterocycles. The van der Waals surface area contributed by atoms with Crippen molar-refractivity contribution in [3.8, 4) is 0 Å². The minimum absolute atomic E-state index is 0.0145. The standard InChI is InChI=1S/C22H36N2O3S/c1-6-7-15-28(26,27)24-13-11-18(12-14-24)22(25)23-21-19(16(2)3)9-8-10-20(21)17(4)5/h8-10,16-18H,6-7,11-15H2,1-5H3,(H,23,25). The second-order valence-corrected chi connectivity index (χ2v) is 10.5. The number of carbonyl (C=O) groups is 1. The molecule has 0 saturated carbocycles. The van der Waals surface area contributed by atoms with Crippen molar-refractivity contribution in [1.82, 2.24) is 4.31 Å². The molecule has 0 atom stereocenters. The van der Waals surface area contributed by atoms with Gasteiger partial charge in [-0.3, -0.25) is 4.79 Å². The molecule has 1 aliphatic heterocycles. The van der Waals surface area contributed by atoms with E-state index in [1.165, 1.54) is 0 Å². The number of sulfonamides is 1. The Morgan fingerprint density at radius 3 is 2.11 bits per heavy atom. The van der Waals surface area contributed by atoms with Gasteiger partial charge in [-0.15, -0.1) is 0 Å². The zero-order valence-corrected chi connectivity index (χ0v) is 18.8. The number of anilines is 1. The topological polar surface area (TPSA) is 66.5 Å². The van der Waals surface area contributed by atoms with Crippen LogP contribution in [0.1, 0.15) is 83.3 Å². The molecule has 158 valence electrons. The highest BCUT2D eigenvalue weighted by Gasteiger charge is 2.31. The molecule has 1 heterocycles. The van der Waals surface area contributed by atoms with Gasteiger partial charge in [-0.25, -0.2) is 12.7 Å². The number of hydrogen-bond donors (Lipinski definition) is 1. The molecule has 0 bridgehead atoms. The normalized spacial score (nSPS) is 16.7. The minimum Gasteiger partial charge on any atom is -0.325 e. The number of unbranched alkanes of at least 4 members (excludes halogenated alkanes) is 1. The molecule has 0 aromatic heterocycles. The summed E-state index contributed by atoms with van der Waals surface area (Å²) >= 11 is 0. The van der Waals surface area contributed by atoms with Gasteiger partial charge >= 0.3 is 0 Å². The fourth-order valence-electron chi connectivity index (χ4n) is 3.77. The molecule has 1 aromatic carbocycles. The summed E-state index contributed by atoms with van der Waals surface area (Å²) in [7, 11) is -3.19. The number of carbonyl (C=O) groups excluding carboxylic acids is 1. The van der Waals surface area contributed by atoms with Gasteiger partial charge in [0.1, 0.15) is 0 Å². The van der Waals surface area contributed by atoms with Crippen LogP contribution in [-0.2, 0) is 14.8 Å². The zero-order chi connectivity index (χ0) is 20.9. The van der Waals surface area contributed by atoms with Gasteiger partial charge in [0.05, 0.1) is 5.75 Å². The summed E-state index contributed by atoms with van der Waals surface area (Å²) < 4.78 is 26.3. The van der Waals surface area contributed by atoms with E-state index >= 15 is 0 Å². The molecule has 1 N–H and O–H groups in total. The van der Waals surface area contributed by atoms with Crippen molar-refractivity contribution in [1.29, 1.82) is 0 Å². The number of nitrogens with one attached hydrogen (secondary N) is 1. The van der Waals surface area contributed by atoms with Crippen LogP contribution in [-0.4, -0.2) is 37.5 Å². The van der Waals surface area contributed by atoms with Crippen molar-refractivity contribution in [2.45, 2.75) is 72.1 Å². The molecule has 0 radical (unpaired) electrons. The van der Waals surface area contributed by atoms with Crippen LogP contribution in [0.2, 0.25) is 0 Å². The number of rotatable bonds is 8. The molecule has 28 heavy (non-hydrogen) atoms. The molecule has 2 rings (SSSR count). The Labute approximate surface area is 170 Å². The van der Waals surface area contributed by atoms with Crippen molar-refractivity contribution in [3.05, 3.63) is 29.3 Å². The van der Waals surface area contributed by atoms with E-state index in [1.807, 2.05) is 6.92 Å². The highest BCUT2D eigenvalue weighted by Crippen LogP contribution is 2.33. The summed E-state index contributed by atoms with van der Waals surface area (Å²) in [5.41, 5.74) is 3.24. The maximum absolute atomic E-state index is 13.0. The van der Waals surface area contributed by atoms with Gasteiger partial charge in [0.25, 0.3) is 0 Å². The SMILES string of the molecule is CCCCS(=O)(=O)N1CCC(C(=O)Nc2c(C(C)C)cccc2C(C)C)CC1. The Kier molecular flexibility index (Phi) is 8.07. The lowest BCUT2D eigenvalue weighted by Crippen LogP contribution is -2.42. The van der Waals surface area contributed by atoms with Gasteiger partial charge in [-0.1, -0.05) is 59.2 Å². The Morgan fingerprint density at radius 2 is 1.64 bits per heavy atom. The van der Waals surface area contributed by atoms with Crippen LogP contribution in [0.3, 0.4) is 0 Å².